The lowest BCUT2D eigenvalue weighted by Crippen LogP contribution is -2.42. The molecule has 0 aliphatic carbocycles. The number of amides is 1. The summed E-state index contributed by atoms with van der Waals surface area (Å²) in [5.41, 5.74) is 0.440. The molecule has 11 nitrogen and oxygen atoms in total. The number of hydrogen-bond acceptors (Lipinski definition) is 10. The molecule has 3 aromatic rings. The van der Waals surface area contributed by atoms with Crippen molar-refractivity contribution in [2.45, 2.75) is 45.4 Å². The Bertz CT molecular complexity index is 1350. The number of alkyl carbamates (subject to hydrolysis) is 1. The first-order valence-electron chi connectivity index (χ1n) is 12.3. The molecule has 0 unspecified atom stereocenters. The van der Waals surface area contributed by atoms with Crippen molar-refractivity contribution < 1.29 is 28.1 Å². The van der Waals surface area contributed by atoms with Gasteiger partial charge in [0.1, 0.15) is 17.4 Å². The normalized spacial score (nSPS) is 12.4. The van der Waals surface area contributed by atoms with E-state index in [2.05, 4.69) is 25.9 Å². The van der Waals surface area contributed by atoms with Gasteiger partial charge in [-0.25, -0.2) is 14.2 Å². The van der Waals surface area contributed by atoms with E-state index in [0.717, 1.165) is 6.07 Å². The van der Waals surface area contributed by atoms with Crippen LogP contribution in [-0.2, 0) is 4.74 Å². The molecule has 0 bridgehead atoms. The van der Waals surface area contributed by atoms with Crippen molar-refractivity contribution in [3.63, 3.8) is 0 Å². The zero-order chi connectivity index (χ0) is 29.4. The molecule has 12 heteroatoms. The molecule has 0 saturated heterocycles. The van der Waals surface area contributed by atoms with E-state index in [-0.39, 0.29) is 29.0 Å². The zero-order valence-corrected chi connectivity index (χ0v) is 23.5. The molecule has 2 heterocycles. The predicted octanol–water partition coefficient (Wildman–Crippen LogP) is 5.32. The second-order valence-electron chi connectivity index (χ2n) is 9.72. The number of methoxy groups -OCH3 is 3. The molecule has 1 amide bonds. The maximum atomic E-state index is 15.3. The Kier molecular flexibility index (Phi) is 9.55. The monoisotopic (exact) mass is 552 g/mol. The van der Waals surface area contributed by atoms with Crippen LogP contribution >= 0.6 is 0 Å². The second-order valence-corrected chi connectivity index (χ2v) is 9.72. The van der Waals surface area contributed by atoms with Gasteiger partial charge < -0.3 is 34.9 Å². The number of nitrogens with zero attached hydrogens (tertiary/aromatic N) is 3. The molecule has 0 fully saturated rings. The van der Waals surface area contributed by atoms with E-state index in [1.54, 1.807) is 71.2 Å². The van der Waals surface area contributed by atoms with E-state index in [9.17, 15) is 10.1 Å². The number of rotatable bonds is 10. The van der Waals surface area contributed by atoms with Crippen LogP contribution in [0.3, 0.4) is 0 Å². The molecule has 0 aliphatic heterocycles. The number of nitrogens with one attached hydrogen (secondary N) is 3. The van der Waals surface area contributed by atoms with Gasteiger partial charge in [0, 0.05) is 12.1 Å². The van der Waals surface area contributed by atoms with Crippen molar-refractivity contribution in [2.75, 3.05) is 32.0 Å². The molecule has 40 heavy (non-hydrogen) atoms. The minimum Gasteiger partial charge on any atom is -0.497 e. The zero-order valence-electron chi connectivity index (χ0n) is 23.5. The minimum absolute atomic E-state index is 0.0290. The number of nitriles is 1. The Balaban J connectivity index is 1.99. The van der Waals surface area contributed by atoms with Gasteiger partial charge in [-0.05, 0) is 51.5 Å². The lowest BCUT2D eigenvalue weighted by Gasteiger charge is -2.29. The summed E-state index contributed by atoms with van der Waals surface area (Å²) in [6.45, 7) is 7.03. The van der Waals surface area contributed by atoms with Gasteiger partial charge in [0.25, 0.3) is 0 Å². The second kappa shape index (κ2) is 12.8. The van der Waals surface area contributed by atoms with Crippen LogP contribution in [0.5, 0.6) is 17.5 Å². The van der Waals surface area contributed by atoms with E-state index in [0.29, 0.717) is 17.0 Å². The highest BCUT2D eigenvalue weighted by atomic mass is 19.1. The first-order valence-corrected chi connectivity index (χ1v) is 12.3. The number of hydrogen-bond donors (Lipinski definition) is 3. The Hall–Kier alpha value is -4.79. The number of halogens is 1. The van der Waals surface area contributed by atoms with Crippen molar-refractivity contribution in [3.8, 4) is 23.6 Å². The molecular weight excluding hydrogens is 519 g/mol. The smallest absolute Gasteiger partial charge is 0.407 e. The molecule has 1 aromatic carbocycles. The Labute approximate surface area is 232 Å². The highest BCUT2D eigenvalue weighted by Crippen LogP contribution is 2.30. The molecular formula is C28H33FN6O5. The lowest BCUT2D eigenvalue weighted by molar-refractivity contribution is 0.0503. The number of carbonyl (C=O) groups is 1. The van der Waals surface area contributed by atoms with Gasteiger partial charge in [-0.15, -0.1) is 0 Å². The Morgan fingerprint density at radius 3 is 2.12 bits per heavy atom. The van der Waals surface area contributed by atoms with Crippen molar-refractivity contribution in [2.24, 2.45) is 0 Å². The van der Waals surface area contributed by atoms with E-state index >= 15 is 4.39 Å². The average Bonchev–Trinajstić information content (AvgIpc) is 2.91. The summed E-state index contributed by atoms with van der Waals surface area (Å²) in [4.78, 5) is 21.0. The van der Waals surface area contributed by atoms with Gasteiger partial charge in [-0.2, -0.15) is 10.2 Å². The third kappa shape index (κ3) is 7.86. The average molecular weight is 553 g/mol. The van der Waals surface area contributed by atoms with Crippen molar-refractivity contribution in [3.05, 3.63) is 59.4 Å². The molecule has 0 aliphatic rings. The van der Waals surface area contributed by atoms with E-state index < -0.39 is 29.6 Å². The molecule has 2 atom stereocenters. The molecule has 212 valence electrons. The van der Waals surface area contributed by atoms with Crippen molar-refractivity contribution in [1.29, 1.82) is 5.26 Å². The van der Waals surface area contributed by atoms with Gasteiger partial charge in [-0.3, -0.25) is 0 Å². The van der Waals surface area contributed by atoms with Crippen LogP contribution in [0.2, 0.25) is 0 Å². The largest absolute Gasteiger partial charge is 0.497 e. The quantitative estimate of drug-likeness (QED) is 0.303. The molecule has 0 radical (unpaired) electrons. The number of aromatic nitrogens is 2. The highest BCUT2D eigenvalue weighted by Gasteiger charge is 2.26. The summed E-state index contributed by atoms with van der Waals surface area (Å²) >= 11 is 0. The maximum absolute atomic E-state index is 15.3. The van der Waals surface area contributed by atoms with Crippen LogP contribution < -0.4 is 30.2 Å². The van der Waals surface area contributed by atoms with E-state index in [1.807, 2.05) is 6.07 Å². The van der Waals surface area contributed by atoms with Crippen molar-refractivity contribution >= 4 is 23.4 Å². The van der Waals surface area contributed by atoms with Gasteiger partial charge in [-0.1, -0.05) is 12.1 Å². The Morgan fingerprint density at radius 1 is 0.975 bits per heavy atom. The summed E-state index contributed by atoms with van der Waals surface area (Å²) in [7, 11) is 4.46. The molecule has 2 aromatic heterocycles. The first-order chi connectivity index (χ1) is 19.0. The summed E-state index contributed by atoms with van der Waals surface area (Å²) in [6.07, 6.45) is -0.628. The fourth-order valence-corrected chi connectivity index (χ4v) is 3.70. The Morgan fingerprint density at radius 2 is 1.60 bits per heavy atom. The third-order valence-electron chi connectivity index (χ3n) is 5.57. The van der Waals surface area contributed by atoms with Crippen LogP contribution in [0, 0.1) is 17.1 Å². The summed E-state index contributed by atoms with van der Waals surface area (Å²) in [5, 5.41) is 18.5. The number of carbonyl (C=O) groups excluding carboxylic acids is 1. The van der Waals surface area contributed by atoms with Gasteiger partial charge in [0.2, 0.25) is 11.8 Å². The molecule has 3 rings (SSSR count). The number of pyridine rings is 2. The topological polar surface area (TPSA) is 140 Å². The van der Waals surface area contributed by atoms with Crippen LogP contribution in [0.4, 0.5) is 26.5 Å². The van der Waals surface area contributed by atoms with Crippen LogP contribution in [0.15, 0.2) is 42.5 Å². The summed E-state index contributed by atoms with van der Waals surface area (Å²) in [6, 6.07) is 12.0. The highest BCUT2D eigenvalue weighted by molar-refractivity contribution is 5.69. The SMILES string of the molecule is COc1ccc([C@@H](Nc2nc(Nc3cc(OC)nc(OC)c3)c(C#N)cc2F)[C@H](C)NC(=O)OC(C)(C)C)cc1. The number of ether oxygens (including phenoxy) is 4. The lowest BCUT2D eigenvalue weighted by atomic mass is 10.00. The summed E-state index contributed by atoms with van der Waals surface area (Å²) in [5.74, 6) is 0.350. The minimum atomic E-state index is -0.755. The van der Waals surface area contributed by atoms with Gasteiger partial charge in [0.05, 0.1) is 44.7 Å². The maximum Gasteiger partial charge on any atom is 0.407 e. The van der Waals surface area contributed by atoms with E-state index in [1.165, 1.54) is 14.2 Å². The number of anilines is 3. The van der Waals surface area contributed by atoms with Gasteiger partial charge >= 0.3 is 6.09 Å². The number of benzene rings is 1. The first kappa shape index (κ1) is 29.8. The molecule has 0 saturated carbocycles. The fourth-order valence-electron chi connectivity index (χ4n) is 3.70. The third-order valence-corrected chi connectivity index (χ3v) is 5.57. The van der Waals surface area contributed by atoms with Crippen LogP contribution in [0.25, 0.3) is 0 Å². The van der Waals surface area contributed by atoms with Crippen LogP contribution in [-0.4, -0.2) is 49.0 Å². The molecule has 3 N–H and O–H groups in total. The van der Waals surface area contributed by atoms with Crippen molar-refractivity contribution in [1.82, 2.24) is 15.3 Å². The molecule has 0 spiro atoms. The van der Waals surface area contributed by atoms with E-state index in [4.69, 9.17) is 18.9 Å². The van der Waals surface area contributed by atoms with Crippen LogP contribution in [0.1, 0.15) is 44.9 Å². The van der Waals surface area contributed by atoms with Gasteiger partial charge in [0.15, 0.2) is 17.5 Å². The fraction of sp³-hybridized carbons (Fsp3) is 0.357. The predicted molar refractivity (Wildman–Crippen MR) is 148 cm³/mol. The summed E-state index contributed by atoms with van der Waals surface area (Å²) < 4.78 is 36.3. The standard InChI is InChI=1S/C28H33FN6O5/c1-16(31-27(36)40-28(2,3)4)24(17-8-10-20(37-5)11-9-17)34-26-21(29)12-18(15-30)25(35-26)32-19-13-22(38-6)33-23(14-19)39-7/h8-14,16,24H,1-7H3,(H,31,36)(H2,32,33,34,35)/t16-,24-/m0/s1.